The van der Waals surface area contributed by atoms with E-state index in [2.05, 4.69) is 48.3 Å². The SMILES string of the molecule is CN1[C@@H](CCC(=O)NCc2ccccc2)CNC(=O)[C@@H]2[C@H]1CCN2CC(C)(C)C. The molecule has 0 spiro atoms. The first-order chi connectivity index (χ1) is 13.7. The molecular weight excluding hydrogens is 364 g/mol. The molecule has 160 valence electrons. The van der Waals surface area contributed by atoms with Gasteiger partial charge in [0.05, 0.1) is 0 Å². The van der Waals surface area contributed by atoms with Crippen LogP contribution in [0.5, 0.6) is 0 Å². The predicted molar refractivity (Wildman–Crippen MR) is 115 cm³/mol. The van der Waals surface area contributed by atoms with Gasteiger partial charge in [-0.05, 0) is 30.9 Å². The van der Waals surface area contributed by atoms with E-state index in [0.717, 1.165) is 31.5 Å². The van der Waals surface area contributed by atoms with Gasteiger partial charge in [0.25, 0.3) is 0 Å². The van der Waals surface area contributed by atoms with Crippen LogP contribution in [-0.4, -0.2) is 66.4 Å². The van der Waals surface area contributed by atoms with Crippen molar-refractivity contribution in [2.24, 2.45) is 5.41 Å². The summed E-state index contributed by atoms with van der Waals surface area (Å²) in [6, 6.07) is 10.3. The molecule has 0 saturated carbocycles. The van der Waals surface area contributed by atoms with Crippen molar-refractivity contribution < 1.29 is 9.59 Å². The Morgan fingerprint density at radius 1 is 1.24 bits per heavy atom. The van der Waals surface area contributed by atoms with Gasteiger partial charge in [-0.2, -0.15) is 0 Å². The molecule has 2 aliphatic heterocycles. The Morgan fingerprint density at radius 3 is 2.66 bits per heavy atom. The molecule has 0 unspecified atom stereocenters. The molecule has 2 saturated heterocycles. The van der Waals surface area contributed by atoms with Gasteiger partial charge in [-0.15, -0.1) is 0 Å². The second-order valence-corrected chi connectivity index (χ2v) is 9.70. The fourth-order valence-corrected chi connectivity index (χ4v) is 4.62. The summed E-state index contributed by atoms with van der Waals surface area (Å²) < 4.78 is 0. The van der Waals surface area contributed by atoms with Gasteiger partial charge < -0.3 is 10.6 Å². The molecule has 0 bridgehead atoms. The smallest absolute Gasteiger partial charge is 0.239 e. The Balaban J connectivity index is 1.54. The lowest BCUT2D eigenvalue weighted by molar-refractivity contribution is -0.126. The second-order valence-electron chi connectivity index (χ2n) is 9.70. The van der Waals surface area contributed by atoms with E-state index in [0.29, 0.717) is 19.5 Å². The minimum atomic E-state index is -0.0869. The van der Waals surface area contributed by atoms with Crippen LogP contribution in [0.1, 0.15) is 45.6 Å². The average Bonchev–Trinajstić information content (AvgIpc) is 3.03. The number of hydrogen-bond donors (Lipinski definition) is 2. The summed E-state index contributed by atoms with van der Waals surface area (Å²) in [5, 5.41) is 6.14. The molecule has 1 aromatic rings. The lowest BCUT2D eigenvalue weighted by Gasteiger charge is -2.34. The molecule has 2 heterocycles. The number of carbonyl (C=O) groups excluding carboxylic acids is 2. The molecule has 2 aliphatic rings. The van der Waals surface area contributed by atoms with Gasteiger partial charge in [0, 0.05) is 44.7 Å². The second kappa shape index (κ2) is 9.26. The van der Waals surface area contributed by atoms with Crippen molar-refractivity contribution in [3.05, 3.63) is 35.9 Å². The van der Waals surface area contributed by atoms with E-state index < -0.39 is 0 Å². The highest BCUT2D eigenvalue weighted by atomic mass is 16.2. The van der Waals surface area contributed by atoms with Crippen LogP contribution in [0, 0.1) is 5.41 Å². The first-order valence-corrected chi connectivity index (χ1v) is 10.8. The molecule has 6 heteroatoms. The fraction of sp³-hybridized carbons (Fsp3) is 0.652. The predicted octanol–water partition coefficient (Wildman–Crippen LogP) is 2.00. The van der Waals surface area contributed by atoms with E-state index in [-0.39, 0.29) is 35.4 Å². The molecule has 0 aromatic heterocycles. The molecule has 0 aliphatic carbocycles. The summed E-state index contributed by atoms with van der Waals surface area (Å²) in [5.41, 5.74) is 1.27. The van der Waals surface area contributed by atoms with Gasteiger partial charge in [0.1, 0.15) is 6.04 Å². The minimum absolute atomic E-state index is 0.0650. The zero-order valence-corrected chi connectivity index (χ0v) is 18.3. The van der Waals surface area contributed by atoms with Crippen molar-refractivity contribution in [3.63, 3.8) is 0 Å². The maximum atomic E-state index is 12.8. The number of nitrogens with one attached hydrogen (secondary N) is 2. The highest BCUT2D eigenvalue weighted by Crippen LogP contribution is 2.30. The number of likely N-dealkylation sites (tertiary alicyclic amines) is 1. The van der Waals surface area contributed by atoms with Gasteiger partial charge >= 0.3 is 0 Å². The summed E-state index contributed by atoms with van der Waals surface area (Å²) in [4.78, 5) is 29.8. The minimum Gasteiger partial charge on any atom is -0.353 e. The Hall–Kier alpha value is -1.92. The molecule has 0 radical (unpaired) electrons. The van der Waals surface area contributed by atoms with Crippen LogP contribution in [-0.2, 0) is 16.1 Å². The number of fused-ring (bicyclic) bond motifs is 1. The van der Waals surface area contributed by atoms with Gasteiger partial charge in [-0.3, -0.25) is 19.4 Å². The first-order valence-electron chi connectivity index (χ1n) is 10.8. The van der Waals surface area contributed by atoms with Crippen LogP contribution >= 0.6 is 0 Å². The molecular formula is C23H36N4O2. The van der Waals surface area contributed by atoms with Gasteiger partial charge in [0.2, 0.25) is 11.8 Å². The van der Waals surface area contributed by atoms with E-state index in [1.54, 1.807) is 0 Å². The van der Waals surface area contributed by atoms with Crippen molar-refractivity contribution in [3.8, 4) is 0 Å². The highest BCUT2D eigenvalue weighted by molar-refractivity contribution is 5.83. The maximum absolute atomic E-state index is 12.8. The van der Waals surface area contributed by atoms with E-state index in [9.17, 15) is 9.59 Å². The lowest BCUT2D eigenvalue weighted by Crippen LogP contribution is -2.51. The highest BCUT2D eigenvalue weighted by Gasteiger charge is 2.45. The van der Waals surface area contributed by atoms with Crippen LogP contribution in [0.2, 0.25) is 0 Å². The largest absolute Gasteiger partial charge is 0.353 e. The summed E-state index contributed by atoms with van der Waals surface area (Å²) in [6.07, 6.45) is 2.22. The maximum Gasteiger partial charge on any atom is 0.239 e. The standard InChI is InChI=1S/C23H36N4O2/c1-23(2,3)16-27-13-12-19-21(27)22(29)25-15-18(26(19)4)10-11-20(28)24-14-17-8-6-5-7-9-17/h5-9,18-19,21H,10-16H2,1-4H3,(H,24,28)(H,25,29)/t18-,19+,21-/m0/s1. The van der Waals surface area contributed by atoms with Crippen molar-refractivity contribution in [1.29, 1.82) is 0 Å². The molecule has 1 aromatic carbocycles. The van der Waals surface area contributed by atoms with E-state index in [4.69, 9.17) is 0 Å². The summed E-state index contributed by atoms with van der Waals surface area (Å²) >= 11 is 0. The molecule has 6 nitrogen and oxygen atoms in total. The number of amides is 2. The molecule has 2 fully saturated rings. The van der Waals surface area contributed by atoms with Gasteiger partial charge in [-0.1, -0.05) is 51.1 Å². The first kappa shape index (κ1) is 21.8. The van der Waals surface area contributed by atoms with Crippen molar-refractivity contribution in [2.45, 2.75) is 64.7 Å². The quantitative estimate of drug-likeness (QED) is 0.767. The van der Waals surface area contributed by atoms with Crippen LogP contribution in [0.3, 0.4) is 0 Å². The third-order valence-electron chi connectivity index (χ3n) is 6.06. The normalized spacial score (nSPS) is 25.9. The zero-order valence-electron chi connectivity index (χ0n) is 18.3. The third kappa shape index (κ3) is 5.80. The molecule has 2 amide bonds. The fourth-order valence-electron chi connectivity index (χ4n) is 4.62. The van der Waals surface area contributed by atoms with Crippen LogP contribution < -0.4 is 10.6 Å². The number of likely N-dealkylation sites (N-methyl/N-ethyl adjacent to an activating group) is 1. The monoisotopic (exact) mass is 400 g/mol. The van der Waals surface area contributed by atoms with E-state index >= 15 is 0 Å². The van der Waals surface area contributed by atoms with Crippen LogP contribution in [0.4, 0.5) is 0 Å². The molecule has 3 rings (SSSR count). The Labute approximate surface area is 175 Å². The van der Waals surface area contributed by atoms with E-state index in [1.807, 2.05) is 30.3 Å². The molecule has 2 N–H and O–H groups in total. The van der Waals surface area contributed by atoms with E-state index in [1.165, 1.54) is 0 Å². The summed E-state index contributed by atoms with van der Waals surface area (Å²) in [7, 11) is 2.12. The number of carbonyl (C=O) groups is 2. The van der Waals surface area contributed by atoms with Crippen molar-refractivity contribution in [1.82, 2.24) is 20.4 Å². The van der Waals surface area contributed by atoms with Gasteiger partial charge in [-0.25, -0.2) is 0 Å². The molecule has 3 atom stereocenters. The van der Waals surface area contributed by atoms with Crippen LogP contribution in [0.15, 0.2) is 30.3 Å². The lowest BCUT2D eigenvalue weighted by atomic mass is 9.95. The third-order valence-corrected chi connectivity index (χ3v) is 6.06. The average molecular weight is 401 g/mol. The van der Waals surface area contributed by atoms with Gasteiger partial charge in [0.15, 0.2) is 0 Å². The van der Waals surface area contributed by atoms with Crippen LogP contribution in [0.25, 0.3) is 0 Å². The topological polar surface area (TPSA) is 64.7 Å². The van der Waals surface area contributed by atoms with Crippen molar-refractivity contribution >= 4 is 11.8 Å². The number of hydrogen-bond acceptors (Lipinski definition) is 4. The summed E-state index contributed by atoms with van der Waals surface area (Å²) in [6.45, 7) is 9.69. The van der Waals surface area contributed by atoms with Crippen molar-refractivity contribution in [2.75, 3.05) is 26.7 Å². The molecule has 29 heavy (non-hydrogen) atoms. The zero-order chi connectivity index (χ0) is 21.0. The Kier molecular flexibility index (Phi) is 6.96. The Bertz CT molecular complexity index is 701. The number of benzene rings is 1. The Morgan fingerprint density at radius 2 is 1.97 bits per heavy atom. The number of nitrogens with zero attached hydrogens (tertiary/aromatic N) is 2. The summed E-state index contributed by atoms with van der Waals surface area (Å²) in [5.74, 6) is 0.204. The number of rotatable bonds is 6.